The molecule has 0 radical (unpaired) electrons. The second-order valence-corrected chi connectivity index (χ2v) is 12.4. The third kappa shape index (κ3) is 7.11. The van der Waals surface area contributed by atoms with Crippen LogP contribution in [0.25, 0.3) is 11.4 Å². The van der Waals surface area contributed by atoms with Crippen LogP contribution in [-0.2, 0) is 6.61 Å². The summed E-state index contributed by atoms with van der Waals surface area (Å²) in [5, 5.41) is 15.1. The summed E-state index contributed by atoms with van der Waals surface area (Å²) in [5.74, 6) is 0.889. The minimum atomic E-state index is -0.464. The van der Waals surface area contributed by atoms with Crippen LogP contribution < -0.4 is 10.2 Å². The molecule has 3 aromatic carbocycles. The normalized spacial score (nSPS) is 11.2. The number of nitro groups is 1. The molecule has 0 aliphatic carbocycles. The molecule has 0 aliphatic heterocycles. The van der Waals surface area contributed by atoms with Gasteiger partial charge in [-0.05, 0) is 119 Å². The lowest BCUT2D eigenvalue weighted by Crippen LogP contribution is -2.16. The van der Waals surface area contributed by atoms with E-state index in [1.165, 1.54) is 23.9 Å². The number of ether oxygens (including phenoxy) is 1. The Labute approximate surface area is 281 Å². The quantitative estimate of drug-likeness (QED) is 0.0847. The standard InChI is InChI=1S/C37H33N5O5S/c1-24-5-6-25(2)40(24)29-7-13-32(14-8-29)46-23-33-15-20-36(47-33)37(43)39-38-22-28-21-26(3)41(27(28)4)30-9-16-34(17-10-30)48-35-18-11-31(12-19-35)42(44)45/h5-22H,23H2,1-4H3,(H,39,43)/b38-22+. The predicted octanol–water partition coefficient (Wildman–Crippen LogP) is 8.50. The van der Waals surface area contributed by atoms with E-state index in [2.05, 4.69) is 45.6 Å². The number of aryl methyl sites for hydroxylation is 3. The lowest BCUT2D eigenvalue weighted by molar-refractivity contribution is -0.384. The minimum absolute atomic E-state index is 0.0695. The van der Waals surface area contributed by atoms with E-state index in [-0.39, 0.29) is 18.1 Å². The average molecular weight is 660 g/mol. The number of nitrogens with zero attached hydrogens (tertiary/aromatic N) is 4. The Hall–Kier alpha value is -5.81. The van der Waals surface area contributed by atoms with E-state index in [1.54, 1.807) is 30.5 Å². The second kappa shape index (κ2) is 13.9. The summed E-state index contributed by atoms with van der Waals surface area (Å²) in [4.78, 5) is 25.2. The van der Waals surface area contributed by atoms with E-state index < -0.39 is 10.8 Å². The number of nitro benzene ring substituents is 1. The summed E-state index contributed by atoms with van der Waals surface area (Å²) >= 11 is 1.53. The highest BCUT2D eigenvalue weighted by molar-refractivity contribution is 7.99. The SMILES string of the molecule is Cc1ccc(C)n1-c1ccc(OCc2ccc(C(=O)N/N=C/c3cc(C)n(-c4ccc(Sc5ccc([N+](=O)[O-])cc5)cc4)c3C)o2)cc1. The Morgan fingerprint density at radius 1 is 0.833 bits per heavy atom. The van der Waals surface area contributed by atoms with Gasteiger partial charge >= 0.3 is 5.91 Å². The molecule has 0 bridgehead atoms. The van der Waals surface area contributed by atoms with Crippen molar-refractivity contribution in [3.8, 4) is 17.1 Å². The molecule has 3 aromatic heterocycles. The highest BCUT2D eigenvalue weighted by atomic mass is 32.2. The maximum Gasteiger partial charge on any atom is 0.307 e. The molecule has 0 unspecified atom stereocenters. The van der Waals surface area contributed by atoms with Crippen LogP contribution in [0.4, 0.5) is 5.69 Å². The topological polar surface area (TPSA) is 117 Å². The zero-order valence-corrected chi connectivity index (χ0v) is 27.7. The number of hydrogen-bond acceptors (Lipinski definition) is 7. The first-order valence-electron chi connectivity index (χ1n) is 15.2. The van der Waals surface area contributed by atoms with Crippen LogP contribution in [-0.4, -0.2) is 26.2 Å². The highest BCUT2D eigenvalue weighted by Gasteiger charge is 2.13. The van der Waals surface area contributed by atoms with Crippen LogP contribution >= 0.6 is 11.8 Å². The van der Waals surface area contributed by atoms with Crippen LogP contribution in [0.3, 0.4) is 0 Å². The number of carbonyl (C=O) groups is 1. The van der Waals surface area contributed by atoms with E-state index in [0.29, 0.717) is 11.5 Å². The maximum absolute atomic E-state index is 12.7. The molecular weight excluding hydrogens is 627 g/mol. The number of carbonyl (C=O) groups excluding carboxylic acids is 1. The molecule has 6 rings (SSSR count). The van der Waals surface area contributed by atoms with Crippen LogP contribution in [0.2, 0.25) is 0 Å². The largest absolute Gasteiger partial charge is 0.486 e. The summed E-state index contributed by atoms with van der Waals surface area (Å²) < 4.78 is 15.9. The van der Waals surface area contributed by atoms with Gasteiger partial charge in [0, 0.05) is 61.6 Å². The van der Waals surface area contributed by atoms with Gasteiger partial charge in [0.05, 0.1) is 11.1 Å². The number of hydrazone groups is 1. The lowest BCUT2D eigenvalue weighted by atomic mass is 10.2. The minimum Gasteiger partial charge on any atom is -0.486 e. The Bertz CT molecular complexity index is 2090. The first-order chi connectivity index (χ1) is 23.2. The fraction of sp³-hybridized carbons (Fsp3) is 0.135. The molecule has 0 fully saturated rings. The molecule has 0 saturated heterocycles. The summed E-state index contributed by atoms with van der Waals surface area (Å²) in [6.07, 6.45) is 1.61. The van der Waals surface area contributed by atoms with Gasteiger partial charge in [0.15, 0.2) is 5.76 Å². The number of amides is 1. The first-order valence-corrected chi connectivity index (χ1v) is 16.0. The third-order valence-corrected chi connectivity index (χ3v) is 8.87. The molecule has 11 heteroatoms. The van der Waals surface area contributed by atoms with E-state index in [9.17, 15) is 14.9 Å². The molecule has 0 spiro atoms. The molecule has 3 heterocycles. The molecule has 48 heavy (non-hydrogen) atoms. The van der Waals surface area contributed by atoms with Crippen molar-refractivity contribution in [3.63, 3.8) is 0 Å². The summed E-state index contributed by atoms with van der Waals surface area (Å²) in [6, 6.07) is 31.9. The zero-order chi connectivity index (χ0) is 33.8. The number of non-ortho nitro benzene ring substituents is 1. The molecule has 1 N–H and O–H groups in total. The molecule has 0 aliphatic rings. The molecule has 6 aromatic rings. The smallest absolute Gasteiger partial charge is 0.307 e. The van der Waals surface area contributed by atoms with Gasteiger partial charge < -0.3 is 18.3 Å². The van der Waals surface area contributed by atoms with Crippen molar-refractivity contribution in [1.82, 2.24) is 14.6 Å². The number of benzene rings is 3. The molecule has 10 nitrogen and oxygen atoms in total. The Balaban J connectivity index is 1.03. The second-order valence-electron chi connectivity index (χ2n) is 11.2. The Morgan fingerprint density at radius 2 is 1.44 bits per heavy atom. The fourth-order valence-electron chi connectivity index (χ4n) is 5.47. The van der Waals surface area contributed by atoms with Crippen molar-refractivity contribution in [2.75, 3.05) is 0 Å². The van der Waals surface area contributed by atoms with Crippen LogP contribution in [0, 0.1) is 37.8 Å². The van der Waals surface area contributed by atoms with E-state index in [1.807, 2.05) is 68.4 Å². The number of rotatable bonds is 11. The highest BCUT2D eigenvalue weighted by Crippen LogP contribution is 2.30. The Kier molecular flexibility index (Phi) is 9.31. The van der Waals surface area contributed by atoms with Crippen molar-refractivity contribution in [2.24, 2.45) is 5.10 Å². The van der Waals surface area contributed by atoms with Crippen molar-refractivity contribution in [3.05, 3.63) is 153 Å². The van der Waals surface area contributed by atoms with Gasteiger partial charge in [-0.25, -0.2) is 5.43 Å². The zero-order valence-electron chi connectivity index (χ0n) is 26.8. The van der Waals surface area contributed by atoms with Crippen molar-refractivity contribution in [2.45, 2.75) is 44.1 Å². The number of hydrogen-bond donors (Lipinski definition) is 1. The molecule has 242 valence electrons. The van der Waals surface area contributed by atoms with Crippen LogP contribution in [0.1, 0.15) is 44.7 Å². The monoisotopic (exact) mass is 659 g/mol. The Morgan fingerprint density at radius 3 is 2.08 bits per heavy atom. The average Bonchev–Trinajstić information content (AvgIpc) is 3.77. The van der Waals surface area contributed by atoms with Gasteiger partial charge in [-0.3, -0.25) is 14.9 Å². The van der Waals surface area contributed by atoms with Gasteiger partial charge in [0.2, 0.25) is 0 Å². The van der Waals surface area contributed by atoms with Gasteiger partial charge in [0.1, 0.15) is 18.1 Å². The van der Waals surface area contributed by atoms with Crippen molar-refractivity contribution < 1.29 is 18.9 Å². The summed E-state index contributed by atoms with van der Waals surface area (Å²) in [5.41, 5.74) is 9.82. The third-order valence-electron chi connectivity index (χ3n) is 7.85. The molecule has 1 amide bonds. The molecule has 0 saturated carbocycles. The number of aromatic nitrogens is 2. The lowest BCUT2D eigenvalue weighted by Gasteiger charge is -2.10. The van der Waals surface area contributed by atoms with Crippen molar-refractivity contribution >= 4 is 29.6 Å². The number of furan rings is 1. The molecule has 0 atom stereocenters. The van der Waals surface area contributed by atoms with Crippen molar-refractivity contribution in [1.29, 1.82) is 0 Å². The van der Waals surface area contributed by atoms with Crippen LogP contribution in [0.5, 0.6) is 5.75 Å². The van der Waals surface area contributed by atoms with Gasteiger partial charge in [-0.1, -0.05) is 11.8 Å². The predicted molar refractivity (Wildman–Crippen MR) is 186 cm³/mol. The van der Waals surface area contributed by atoms with Gasteiger partial charge in [-0.15, -0.1) is 0 Å². The summed E-state index contributed by atoms with van der Waals surface area (Å²) in [6.45, 7) is 8.32. The summed E-state index contributed by atoms with van der Waals surface area (Å²) in [7, 11) is 0. The maximum atomic E-state index is 12.7. The van der Waals surface area contributed by atoms with E-state index in [4.69, 9.17) is 9.15 Å². The molecular formula is C37H33N5O5S. The van der Waals surface area contributed by atoms with Gasteiger partial charge in [0.25, 0.3) is 5.69 Å². The van der Waals surface area contributed by atoms with E-state index in [0.717, 1.165) is 49.5 Å². The van der Waals surface area contributed by atoms with Crippen LogP contribution in [0.15, 0.2) is 122 Å². The van der Waals surface area contributed by atoms with E-state index >= 15 is 0 Å². The van der Waals surface area contributed by atoms with Gasteiger partial charge in [-0.2, -0.15) is 5.10 Å². The fourth-order valence-corrected chi connectivity index (χ4v) is 6.28. The number of nitrogens with one attached hydrogen (secondary N) is 1. The first kappa shape index (κ1) is 32.1.